The van der Waals surface area contributed by atoms with Gasteiger partial charge in [-0.25, -0.2) is 4.98 Å². The Morgan fingerprint density at radius 3 is 2.33 bits per heavy atom. The molecule has 0 radical (unpaired) electrons. The number of aromatic nitrogens is 3. The number of nitrogens with zero attached hydrogens (tertiary/aromatic N) is 2. The van der Waals surface area contributed by atoms with Crippen molar-refractivity contribution in [1.29, 1.82) is 0 Å². The van der Waals surface area contributed by atoms with E-state index in [1.807, 2.05) is 13.0 Å². The van der Waals surface area contributed by atoms with E-state index in [0.29, 0.717) is 0 Å². The van der Waals surface area contributed by atoms with Crippen molar-refractivity contribution in [2.45, 2.75) is 6.92 Å². The van der Waals surface area contributed by atoms with Gasteiger partial charge in [0, 0.05) is 22.7 Å². The van der Waals surface area contributed by atoms with Gasteiger partial charge in [-0.05, 0) is 35.2 Å². The molecule has 27 heavy (non-hydrogen) atoms. The second-order valence-electron chi connectivity index (χ2n) is 6.70. The molecule has 5 aromatic rings. The standard InChI is InChI=1S/C23H18N4/c1-15-12-22(27-26-15)24-21-14-18-8-4-5-9-20(18)23(25-21)19-11-10-16-6-2-3-7-17(16)13-19/h2-14H,1H3,(H2,24,25,26,27). The largest absolute Gasteiger partial charge is 0.323 e. The summed E-state index contributed by atoms with van der Waals surface area (Å²) in [6, 6.07) is 27.2. The minimum atomic E-state index is 0.764. The van der Waals surface area contributed by atoms with Crippen LogP contribution in [0.25, 0.3) is 32.8 Å². The molecule has 2 N–H and O–H groups in total. The van der Waals surface area contributed by atoms with Crippen LogP contribution in [0.5, 0.6) is 0 Å². The van der Waals surface area contributed by atoms with Crippen molar-refractivity contribution in [2.75, 3.05) is 5.32 Å². The van der Waals surface area contributed by atoms with Crippen molar-refractivity contribution in [3.05, 3.63) is 84.6 Å². The summed E-state index contributed by atoms with van der Waals surface area (Å²) in [5.41, 5.74) is 3.08. The summed E-state index contributed by atoms with van der Waals surface area (Å²) in [6.45, 7) is 1.98. The van der Waals surface area contributed by atoms with Crippen LogP contribution in [-0.4, -0.2) is 15.2 Å². The third-order valence-corrected chi connectivity index (χ3v) is 4.73. The third kappa shape index (κ3) is 2.91. The molecule has 3 aromatic carbocycles. The second-order valence-corrected chi connectivity index (χ2v) is 6.70. The van der Waals surface area contributed by atoms with Crippen LogP contribution in [0.4, 0.5) is 11.6 Å². The molecule has 2 heterocycles. The molecule has 0 saturated heterocycles. The minimum Gasteiger partial charge on any atom is -0.323 e. The van der Waals surface area contributed by atoms with Gasteiger partial charge in [0.05, 0.1) is 5.69 Å². The zero-order chi connectivity index (χ0) is 18.2. The van der Waals surface area contributed by atoms with Crippen LogP contribution in [0.2, 0.25) is 0 Å². The number of hydrogen-bond donors (Lipinski definition) is 2. The molecular weight excluding hydrogens is 332 g/mol. The van der Waals surface area contributed by atoms with Crippen molar-refractivity contribution in [3.8, 4) is 11.3 Å². The predicted molar refractivity (Wildman–Crippen MR) is 111 cm³/mol. The fourth-order valence-electron chi connectivity index (χ4n) is 3.43. The second kappa shape index (κ2) is 6.25. The maximum atomic E-state index is 4.92. The quantitative estimate of drug-likeness (QED) is 0.430. The fourth-order valence-corrected chi connectivity index (χ4v) is 3.43. The molecule has 2 aromatic heterocycles. The van der Waals surface area contributed by atoms with E-state index in [-0.39, 0.29) is 0 Å². The normalized spacial score (nSPS) is 11.1. The Kier molecular flexibility index (Phi) is 3.61. The average molecular weight is 350 g/mol. The Bertz CT molecular complexity index is 1270. The van der Waals surface area contributed by atoms with Crippen LogP contribution in [0.15, 0.2) is 78.9 Å². The zero-order valence-electron chi connectivity index (χ0n) is 14.9. The number of H-pyrrole nitrogens is 1. The number of fused-ring (bicyclic) bond motifs is 2. The van der Waals surface area contributed by atoms with Gasteiger partial charge in [0.25, 0.3) is 0 Å². The molecule has 0 aliphatic rings. The van der Waals surface area contributed by atoms with Gasteiger partial charge >= 0.3 is 0 Å². The molecule has 0 unspecified atom stereocenters. The van der Waals surface area contributed by atoms with Crippen LogP contribution in [0.1, 0.15) is 5.69 Å². The zero-order valence-corrected chi connectivity index (χ0v) is 14.9. The summed E-state index contributed by atoms with van der Waals surface area (Å²) >= 11 is 0. The van der Waals surface area contributed by atoms with Gasteiger partial charge in [0.2, 0.25) is 0 Å². The number of nitrogens with one attached hydrogen (secondary N) is 2. The van der Waals surface area contributed by atoms with E-state index < -0.39 is 0 Å². The van der Waals surface area contributed by atoms with Gasteiger partial charge < -0.3 is 5.32 Å². The summed E-state index contributed by atoms with van der Waals surface area (Å²) < 4.78 is 0. The van der Waals surface area contributed by atoms with Crippen LogP contribution in [-0.2, 0) is 0 Å². The molecule has 5 rings (SSSR count). The number of aryl methyl sites for hydroxylation is 1. The molecule has 4 heteroatoms. The first kappa shape index (κ1) is 15.6. The fraction of sp³-hybridized carbons (Fsp3) is 0.0435. The van der Waals surface area contributed by atoms with Crippen molar-refractivity contribution >= 4 is 33.2 Å². The molecule has 0 fully saturated rings. The van der Waals surface area contributed by atoms with E-state index in [4.69, 9.17) is 4.98 Å². The summed E-state index contributed by atoms with van der Waals surface area (Å²) in [5, 5.41) is 15.2. The Balaban J connectivity index is 1.69. The van der Waals surface area contributed by atoms with E-state index in [9.17, 15) is 0 Å². The highest BCUT2D eigenvalue weighted by molar-refractivity contribution is 5.98. The van der Waals surface area contributed by atoms with Gasteiger partial charge in [-0.1, -0.05) is 60.7 Å². The van der Waals surface area contributed by atoms with Crippen LogP contribution in [0, 0.1) is 6.92 Å². The molecule has 0 saturated carbocycles. The van der Waals surface area contributed by atoms with E-state index >= 15 is 0 Å². The van der Waals surface area contributed by atoms with Gasteiger partial charge in [0.15, 0.2) is 5.82 Å². The predicted octanol–water partition coefficient (Wildman–Crippen LogP) is 5.83. The van der Waals surface area contributed by atoms with E-state index in [1.54, 1.807) is 0 Å². The number of hydrogen-bond acceptors (Lipinski definition) is 3. The molecule has 0 spiro atoms. The molecule has 0 aliphatic heterocycles. The Hall–Kier alpha value is -3.66. The maximum Gasteiger partial charge on any atom is 0.153 e. The highest BCUT2D eigenvalue weighted by Gasteiger charge is 2.10. The first-order valence-electron chi connectivity index (χ1n) is 8.94. The van der Waals surface area contributed by atoms with Gasteiger partial charge in [0.1, 0.15) is 5.82 Å². The highest BCUT2D eigenvalue weighted by atomic mass is 15.2. The maximum absolute atomic E-state index is 4.92. The molecule has 0 atom stereocenters. The van der Waals surface area contributed by atoms with Crippen LogP contribution >= 0.6 is 0 Å². The molecule has 0 bridgehead atoms. The summed E-state index contributed by atoms with van der Waals surface area (Å²) in [6.07, 6.45) is 0. The lowest BCUT2D eigenvalue weighted by atomic mass is 10.0. The highest BCUT2D eigenvalue weighted by Crippen LogP contribution is 2.31. The number of anilines is 2. The summed E-state index contributed by atoms with van der Waals surface area (Å²) in [5.74, 6) is 1.54. The monoisotopic (exact) mass is 350 g/mol. The average Bonchev–Trinajstić information content (AvgIpc) is 3.11. The van der Waals surface area contributed by atoms with E-state index in [2.05, 4.69) is 88.3 Å². The van der Waals surface area contributed by atoms with Gasteiger partial charge in [-0.3, -0.25) is 5.10 Å². The molecule has 0 aliphatic carbocycles. The lowest BCUT2D eigenvalue weighted by Gasteiger charge is -2.11. The lowest BCUT2D eigenvalue weighted by Crippen LogP contribution is -1.96. The molecule has 0 amide bonds. The lowest BCUT2D eigenvalue weighted by molar-refractivity contribution is 1.05. The molecular formula is C23H18N4. The topological polar surface area (TPSA) is 53.6 Å². The number of pyridine rings is 1. The Labute approximate surface area is 156 Å². The van der Waals surface area contributed by atoms with E-state index in [0.717, 1.165) is 39.4 Å². The van der Waals surface area contributed by atoms with Crippen molar-refractivity contribution in [3.63, 3.8) is 0 Å². The number of rotatable bonds is 3. The van der Waals surface area contributed by atoms with Gasteiger partial charge in [-0.2, -0.15) is 5.10 Å². The third-order valence-electron chi connectivity index (χ3n) is 4.73. The molecule has 4 nitrogen and oxygen atoms in total. The minimum absolute atomic E-state index is 0.764. The number of benzene rings is 3. The first-order valence-corrected chi connectivity index (χ1v) is 8.94. The summed E-state index contributed by atoms with van der Waals surface area (Å²) in [4.78, 5) is 4.92. The van der Waals surface area contributed by atoms with E-state index in [1.165, 1.54) is 10.8 Å². The smallest absolute Gasteiger partial charge is 0.153 e. The van der Waals surface area contributed by atoms with Crippen molar-refractivity contribution in [1.82, 2.24) is 15.2 Å². The van der Waals surface area contributed by atoms with Crippen LogP contribution in [0.3, 0.4) is 0 Å². The van der Waals surface area contributed by atoms with Crippen LogP contribution < -0.4 is 5.32 Å². The van der Waals surface area contributed by atoms with Crippen molar-refractivity contribution < 1.29 is 0 Å². The van der Waals surface area contributed by atoms with Gasteiger partial charge in [-0.15, -0.1) is 0 Å². The Morgan fingerprint density at radius 1 is 0.741 bits per heavy atom. The van der Waals surface area contributed by atoms with Crippen molar-refractivity contribution in [2.24, 2.45) is 0 Å². The molecule has 130 valence electrons. The SMILES string of the molecule is Cc1cc(Nc2cc3ccccc3c(-c3ccc4ccccc4c3)n2)n[nH]1. The first-order chi connectivity index (χ1) is 13.3. The Morgan fingerprint density at radius 2 is 1.52 bits per heavy atom. The number of aromatic amines is 1. The summed E-state index contributed by atoms with van der Waals surface area (Å²) in [7, 11) is 0.